The van der Waals surface area contributed by atoms with E-state index in [1.165, 1.54) is 0 Å². The lowest BCUT2D eigenvalue weighted by Crippen LogP contribution is -2.25. The van der Waals surface area contributed by atoms with Gasteiger partial charge in [-0.1, -0.05) is 6.08 Å². The lowest BCUT2D eigenvalue weighted by atomic mass is 10.2. The molecule has 0 aromatic rings. The predicted molar refractivity (Wildman–Crippen MR) is 51.8 cm³/mol. The molecule has 1 aliphatic carbocycles. The van der Waals surface area contributed by atoms with Crippen LogP contribution in [0, 0.1) is 5.92 Å². The van der Waals surface area contributed by atoms with Crippen molar-refractivity contribution >= 4 is 12.2 Å². The molecule has 0 N–H and O–H groups in total. The summed E-state index contributed by atoms with van der Waals surface area (Å²) in [7, 11) is 0. The Balaban J connectivity index is 2.71. The molecular weight excluding hydrogens is 166 g/mol. The van der Waals surface area contributed by atoms with Gasteiger partial charge in [0.2, 0.25) is 0 Å². The molecule has 72 valence electrons. The molecule has 0 heterocycles. The minimum atomic E-state index is -0.632. The van der Waals surface area contributed by atoms with Gasteiger partial charge in [-0.3, -0.25) is 4.99 Å². The minimum absolute atomic E-state index is 0.155. The smallest absolute Gasteiger partial charge is 0.334 e. The fourth-order valence-electron chi connectivity index (χ4n) is 1.48. The second-order valence-electron chi connectivity index (χ2n) is 3.08. The van der Waals surface area contributed by atoms with E-state index >= 15 is 0 Å². The largest absolute Gasteiger partial charge is 0.464 e. The molecule has 0 saturated heterocycles. The minimum Gasteiger partial charge on any atom is -0.464 e. The summed E-state index contributed by atoms with van der Waals surface area (Å²) in [6.07, 6.45) is 4.16. The molecule has 0 spiro atoms. The summed E-state index contributed by atoms with van der Waals surface area (Å²) in [5.74, 6) is -0.0687. The van der Waals surface area contributed by atoms with Gasteiger partial charge in [0.25, 0.3) is 0 Å². The first-order valence-corrected chi connectivity index (χ1v) is 4.51. The van der Waals surface area contributed by atoms with Crippen LogP contribution < -0.4 is 0 Å². The summed E-state index contributed by atoms with van der Waals surface area (Å²) in [4.78, 5) is 15.7. The molecule has 13 heavy (non-hydrogen) atoms. The Morgan fingerprint density at radius 3 is 2.92 bits per heavy atom. The van der Waals surface area contributed by atoms with Crippen LogP contribution in [-0.4, -0.2) is 24.3 Å². The van der Waals surface area contributed by atoms with Crippen LogP contribution in [0.3, 0.4) is 0 Å². The molecule has 2 unspecified atom stereocenters. The quantitative estimate of drug-likeness (QED) is 0.375. The molecular formula is C10H15NO2. The van der Waals surface area contributed by atoms with Crippen molar-refractivity contribution in [2.75, 3.05) is 6.61 Å². The molecule has 0 radical (unpaired) electrons. The van der Waals surface area contributed by atoms with Gasteiger partial charge in [0.15, 0.2) is 5.54 Å². The molecule has 0 aromatic carbocycles. The SMILES string of the molecule is C=CC1CC1(N=CC)C(=O)OCC. The Bertz CT molecular complexity index is 247. The summed E-state index contributed by atoms with van der Waals surface area (Å²) in [5.41, 5.74) is -0.632. The maximum Gasteiger partial charge on any atom is 0.334 e. The summed E-state index contributed by atoms with van der Waals surface area (Å²) in [5, 5.41) is 0. The van der Waals surface area contributed by atoms with E-state index in [9.17, 15) is 4.79 Å². The van der Waals surface area contributed by atoms with Crippen LogP contribution in [0.1, 0.15) is 20.3 Å². The molecule has 1 fully saturated rings. The highest BCUT2D eigenvalue weighted by Crippen LogP contribution is 2.48. The first kappa shape index (κ1) is 9.96. The standard InChI is InChI=1S/C10H15NO2/c1-4-8-7-10(8,11-5-2)9(12)13-6-3/h4-5,8H,1,6-7H2,2-3H3. The van der Waals surface area contributed by atoms with E-state index < -0.39 is 5.54 Å². The van der Waals surface area contributed by atoms with Crippen molar-refractivity contribution < 1.29 is 9.53 Å². The number of carbonyl (C=O) groups is 1. The van der Waals surface area contributed by atoms with E-state index in [0.717, 1.165) is 6.42 Å². The lowest BCUT2D eigenvalue weighted by molar-refractivity contribution is -0.146. The van der Waals surface area contributed by atoms with E-state index in [0.29, 0.717) is 6.61 Å². The molecule has 0 bridgehead atoms. The number of rotatable bonds is 4. The molecule has 0 amide bonds. The zero-order chi connectivity index (χ0) is 9.90. The van der Waals surface area contributed by atoms with Gasteiger partial charge >= 0.3 is 5.97 Å². The maximum absolute atomic E-state index is 11.5. The van der Waals surface area contributed by atoms with E-state index in [-0.39, 0.29) is 11.9 Å². The monoisotopic (exact) mass is 181 g/mol. The van der Waals surface area contributed by atoms with Gasteiger partial charge in [-0.15, -0.1) is 6.58 Å². The number of carbonyl (C=O) groups excluding carboxylic acids is 1. The normalized spacial score (nSPS) is 31.7. The zero-order valence-corrected chi connectivity index (χ0v) is 8.12. The van der Waals surface area contributed by atoms with Crippen LogP contribution in [-0.2, 0) is 9.53 Å². The third-order valence-corrected chi connectivity index (χ3v) is 2.26. The van der Waals surface area contributed by atoms with Gasteiger partial charge in [0.1, 0.15) is 0 Å². The zero-order valence-electron chi connectivity index (χ0n) is 8.12. The summed E-state index contributed by atoms with van der Waals surface area (Å²) in [6, 6.07) is 0. The number of aliphatic imine (C=N–C) groups is 1. The average Bonchev–Trinajstić information content (AvgIpc) is 2.81. The highest BCUT2D eigenvalue weighted by molar-refractivity contribution is 5.87. The van der Waals surface area contributed by atoms with E-state index in [1.807, 2.05) is 0 Å². The van der Waals surface area contributed by atoms with Crippen LogP contribution in [0.25, 0.3) is 0 Å². The van der Waals surface area contributed by atoms with Crippen LogP contribution in [0.5, 0.6) is 0 Å². The van der Waals surface area contributed by atoms with E-state index in [2.05, 4.69) is 11.6 Å². The summed E-state index contributed by atoms with van der Waals surface area (Å²) < 4.78 is 4.95. The second kappa shape index (κ2) is 3.73. The van der Waals surface area contributed by atoms with Crippen molar-refractivity contribution in [3.8, 4) is 0 Å². The van der Waals surface area contributed by atoms with Gasteiger partial charge in [0.05, 0.1) is 6.61 Å². The van der Waals surface area contributed by atoms with Crippen LogP contribution in [0.4, 0.5) is 0 Å². The molecule has 0 aromatic heterocycles. The number of hydrogen-bond donors (Lipinski definition) is 0. The van der Waals surface area contributed by atoms with Crippen molar-refractivity contribution in [1.82, 2.24) is 0 Å². The summed E-state index contributed by atoms with van der Waals surface area (Å²) in [6.45, 7) is 7.67. The van der Waals surface area contributed by atoms with Gasteiger partial charge < -0.3 is 4.74 Å². The summed E-state index contributed by atoms with van der Waals surface area (Å²) >= 11 is 0. The highest BCUT2D eigenvalue weighted by Gasteiger charge is 2.59. The van der Waals surface area contributed by atoms with Crippen molar-refractivity contribution in [3.63, 3.8) is 0 Å². The van der Waals surface area contributed by atoms with Gasteiger partial charge in [-0.2, -0.15) is 0 Å². The Morgan fingerprint density at radius 1 is 1.85 bits per heavy atom. The Hall–Kier alpha value is -1.12. The molecule has 1 rings (SSSR count). The first-order chi connectivity index (χ1) is 6.21. The first-order valence-electron chi connectivity index (χ1n) is 4.51. The highest BCUT2D eigenvalue weighted by atomic mass is 16.5. The van der Waals surface area contributed by atoms with Gasteiger partial charge in [-0.05, 0) is 26.5 Å². The topological polar surface area (TPSA) is 38.7 Å². The molecule has 2 atom stereocenters. The second-order valence-corrected chi connectivity index (χ2v) is 3.08. The van der Waals surface area contributed by atoms with Gasteiger partial charge in [0, 0.05) is 5.92 Å². The molecule has 3 heteroatoms. The molecule has 1 aliphatic rings. The number of hydrogen-bond acceptors (Lipinski definition) is 3. The predicted octanol–water partition coefficient (Wildman–Crippen LogP) is 1.58. The number of esters is 1. The third kappa shape index (κ3) is 1.64. The van der Waals surface area contributed by atoms with Crippen LogP contribution in [0.15, 0.2) is 17.6 Å². The van der Waals surface area contributed by atoms with Crippen molar-refractivity contribution in [2.45, 2.75) is 25.8 Å². The lowest BCUT2D eigenvalue weighted by Gasteiger charge is -2.09. The molecule has 1 saturated carbocycles. The van der Waals surface area contributed by atoms with Crippen LogP contribution in [0.2, 0.25) is 0 Å². The Kier molecular flexibility index (Phi) is 2.86. The average molecular weight is 181 g/mol. The number of ether oxygens (including phenoxy) is 1. The number of nitrogens with zero attached hydrogens (tertiary/aromatic N) is 1. The Morgan fingerprint density at radius 2 is 2.54 bits per heavy atom. The van der Waals surface area contributed by atoms with Gasteiger partial charge in [-0.25, -0.2) is 4.79 Å². The maximum atomic E-state index is 11.5. The van der Waals surface area contributed by atoms with Crippen LogP contribution >= 0.6 is 0 Å². The fourth-order valence-corrected chi connectivity index (χ4v) is 1.48. The van der Waals surface area contributed by atoms with Crippen molar-refractivity contribution in [1.29, 1.82) is 0 Å². The molecule has 0 aliphatic heterocycles. The van der Waals surface area contributed by atoms with Crippen molar-refractivity contribution in [2.24, 2.45) is 10.9 Å². The van der Waals surface area contributed by atoms with Crippen molar-refractivity contribution in [3.05, 3.63) is 12.7 Å². The van der Waals surface area contributed by atoms with E-state index in [4.69, 9.17) is 4.74 Å². The Labute approximate surface area is 78.5 Å². The fraction of sp³-hybridized carbons (Fsp3) is 0.600. The molecule has 3 nitrogen and oxygen atoms in total. The third-order valence-electron chi connectivity index (χ3n) is 2.26. The van der Waals surface area contributed by atoms with E-state index in [1.54, 1.807) is 26.1 Å².